The van der Waals surface area contributed by atoms with E-state index in [1.165, 1.54) is 205 Å². The predicted octanol–water partition coefficient (Wildman–Crippen LogP) is 13.1. The first-order valence-electron chi connectivity index (χ1n) is 33.9. The van der Waals surface area contributed by atoms with E-state index in [1.54, 1.807) is 6.08 Å². The fourth-order valence-corrected chi connectivity index (χ4v) is 11.0. The van der Waals surface area contributed by atoms with Gasteiger partial charge in [0.05, 0.1) is 32.0 Å². The third kappa shape index (κ3) is 37.5. The van der Waals surface area contributed by atoms with E-state index in [1.807, 2.05) is 6.08 Å². The largest absolute Gasteiger partial charge is 0.394 e. The number of ether oxygens (including phenoxy) is 4. The molecule has 2 rings (SSSR count). The number of carbonyl (C=O) groups is 1. The normalized spacial score (nSPS) is 24.2. The van der Waals surface area contributed by atoms with Crippen LogP contribution in [0.15, 0.2) is 48.6 Å². The van der Waals surface area contributed by atoms with E-state index < -0.39 is 86.8 Å². The zero-order chi connectivity index (χ0) is 59.5. The predicted molar refractivity (Wildman–Crippen MR) is 332 cm³/mol. The van der Waals surface area contributed by atoms with E-state index in [4.69, 9.17) is 18.9 Å². The number of aliphatic hydroxyl groups excluding tert-OH is 8. The molecule has 12 atom stereocenters. The first-order chi connectivity index (χ1) is 40.1. The molecule has 1 amide bonds. The van der Waals surface area contributed by atoms with Crippen molar-refractivity contribution in [3.8, 4) is 0 Å². The highest BCUT2D eigenvalue weighted by molar-refractivity contribution is 5.76. The van der Waals surface area contributed by atoms with Crippen molar-refractivity contribution in [3.05, 3.63) is 48.6 Å². The van der Waals surface area contributed by atoms with Crippen LogP contribution in [0.1, 0.15) is 284 Å². The average molecular weight is 1160 g/mol. The standard InChI is InChI=1S/C68H125NO13/c1-3-5-7-9-11-13-15-17-19-20-21-22-23-24-25-26-27-28-29-30-31-32-33-34-35-36-38-40-42-44-46-48-50-52-60(73)69-56(57(72)51-49-47-45-43-41-39-37-18-16-14-12-10-8-6-4-2)55-79-67-65(78)63(76)66(59(54-71)81-67)82-68-64(77)62(75)61(74)58(53-70)80-68/h16,18,20-21,41,43,49,51,56-59,61-68,70-72,74-78H,3-15,17,19,22-40,42,44-48,50,52-55H2,1-2H3,(H,69,73)/b18-16+,21-20-,43-41+,51-49+. The highest BCUT2D eigenvalue weighted by Crippen LogP contribution is 2.30. The molecule has 82 heavy (non-hydrogen) atoms. The first-order valence-corrected chi connectivity index (χ1v) is 33.9. The second-order valence-corrected chi connectivity index (χ2v) is 23.9. The van der Waals surface area contributed by atoms with Gasteiger partial charge >= 0.3 is 0 Å². The fourth-order valence-electron chi connectivity index (χ4n) is 11.0. The van der Waals surface area contributed by atoms with Crippen LogP contribution in [-0.2, 0) is 23.7 Å². The van der Waals surface area contributed by atoms with Crippen LogP contribution in [-0.4, -0.2) is 140 Å². The fraction of sp³-hybridized carbons (Fsp3) is 0.868. The number of amides is 1. The van der Waals surface area contributed by atoms with E-state index in [0.29, 0.717) is 12.8 Å². The summed E-state index contributed by atoms with van der Waals surface area (Å²) in [5.41, 5.74) is 0. The van der Waals surface area contributed by atoms with Crippen LogP contribution in [0, 0.1) is 0 Å². The SMILES string of the molecule is CCCCCCC/C=C/CC/C=C/CC/C=C/C(O)C(COC1OC(CO)C(OC2OC(CO)C(O)C(O)C2O)C(O)C1O)NC(=O)CCCCCCCCCCCCCCCCCCCCCCC/C=C\CCCCCCCCCC. The molecule has 2 fully saturated rings. The molecule has 0 bridgehead atoms. The average Bonchev–Trinajstić information content (AvgIpc) is 3.67. The van der Waals surface area contributed by atoms with Crippen molar-refractivity contribution in [1.29, 1.82) is 0 Å². The molecule has 2 aliphatic heterocycles. The summed E-state index contributed by atoms with van der Waals surface area (Å²) in [6, 6.07) is -0.937. The Kier molecular flexibility index (Phi) is 49.3. The van der Waals surface area contributed by atoms with Crippen LogP contribution < -0.4 is 5.32 Å². The number of nitrogens with one attached hydrogen (secondary N) is 1. The number of hydrogen-bond acceptors (Lipinski definition) is 13. The first kappa shape index (κ1) is 76.0. The van der Waals surface area contributed by atoms with Crippen molar-refractivity contribution < 1.29 is 64.6 Å². The van der Waals surface area contributed by atoms with Crippen molar-refractivity contribution in [2.75, 3.05) is 19.8 Å². The van der Waals surface area contributed by atoms with Gasteiger partial charge in [-0.05, 0) is 70.6 Å². The Morgan fingerprint density at radius 1 is 0.427 bits per heavy atom. The molecular formula is C68H125NO13. The minimum atomic E-state index is -1.79. The molecule has 0 spiro atoms. The van der Waals surface area contributed by atoms with Crippen LogP contribution in [0.2, 0.25) is 0 Å². The lowest BCUT2D eigenvalue weighted by atomic mass is 9.97. The topological polar surface area (TPSA) is 228 Å². The van der Waals surface area contributed by atoms with E-state index in [0.717, 1.165) is 44.9 Å². The molecule has 0 saturated carbocycles. The molecule has 2 aliphatic rings. The second-order valence-electron chi connectivity index (χ2n) is 23.9. The van der Waals surface area contributed by atoms with E-state index in [-0.39, 0.29) is 18.9 Å². The maximum absolute atomic E-state index is 13.3. The maximum Gasteiger partial charge on any atom is 0.220 e. The molecule has 9 N–H and O–H groups in total. The smallest absolute Gasteiger partial charge is 0.220 e. The molecule has 0 aromatic heterocycles. The summed E-state index contributed by atoms with van der Waals surface area (Å²) >= 11 is 0. The van der Waals surface area contributed by atoms with Gasteiger partial charge in [0.25, 0.3) is 0 Å². The van der Waals surface area contributed by atoms with Crippen molar-refractivity contribution in [1.82, 2.24) is 5.32 Å². The summed E-state index contributed by atoms with van der Waals surface area (Å²) in [7, 11) is 0. The van der Waals surface area contributed by atoms with Gasteiger partial charge < -0.3 is 65.1 Å². The zero-order valence-electron chi connectivity index (χ0n) is 52.0. The lowest BCUT2D eigenvalue weighted by Crippen LogP contribution is -2.65. The van der Waals surface area contributed by atoms with Crippen LogP contribution in [0.4, 0.5) is 0 Å². The van der Waals surface area contributed by atoms with Gasteiger partial charge in [0.15, 0.2) is 12.6 Å². The Bertz CT molecular complexity index is 1560. The van der Waals surface area contributed by atoms with Crippen molar-refractivity contribution in [2.45, 2.75) is 357 Å². The van der Waals surface area contributed by atoms with Crippen LogP contribution in [0.3, 0.4) is 0 Å². The molecule has 2 heterocycles. The number of allylic oxidation sites excluding steroid dienone is 7. The number of unbranched alkanes of at least 4 members (excludes halogenated alkanes) is 36. The summed E-state index contributed by atoms with van der Waals surface area (Å²) in [4.78, 5) is 13.3. The van der Waals surface area contributed by atoms with Crippen molar-refractivity contribution in [3.63, 3.8) is 0 Å². The molecule has 0 aromatic rings. The third-order valence-corrected chi connectivity index (χ3v) is 16.5. The lowest BCUT2D eigenvalue weighted by Gasteiger charge is -2.46. The number of aliphatic hydroxyl groups is 8. The van der Waals surface area contributed by atoms with Gasteiger partial charge in [0, 0.05) is 6.42 Å². The van der Waals surface area contributed by atoms with Crippen molar-refractivity contribution >= 4 is 5.91 Å². The molecule has 14 heteroatoms. The van der Waals surface area contributed by atoms with Gasteiger partial charge in [-0.2, -0.15) is 0 Å². The lowest BCUT2D eigenvalue weighted by molar-refractivity contribution is -0.359. The highest BCUT2D eigenvalue weighted by atomic mass is 16.7. The molecule has 2 saturated heterocycles. The Hall–Kier alpha value is -2.05. The molecular weight excluding hydrogens is 1040 g/mol. The molecule has 12 unspecified atom stereocenters. The van der Waals surface area contributed by atoms with E-state index >= 15 is 0 Å². The second kappa shape index (κ2) is 53.2. The Balaban J connectivity index is 1.63. The minimum absolute atomic E-state index is 0.250. The molecule has 0 radical (unpaired) electrons. The summed E-state index contributed by atoms with van der Waals surface area (Å²) in [6.45, 7) is 2.78. The van der Waals surface area contributed by atoms with Crippen LogP contribution >= 0.6 is 0 Å². The summed E-state index contributed by atoms with van der Waals surface area (Å²) in [6.07, 6.45) is 51.9. The third-order valence-electron chi connectivity index (χ3n) is 16.5. The monoisotopic (exact) mass is 1160 g/mol. The summed E-state index contributed by atoms with van der Waals surface area (Å²) < 4.78 is 22.8. The van der Waals surface area contributed by atoms with Gasteiger partial charge in [0.2, 0.25) is 5.91 Å². The summed E-state index contributed by atoms with van der Waals surface area (Å²) in [5, 5.41) is 87.2. The van der Waals surface area contributed by atoms with Gasteiger partial charge in [-0.3, -0.25) is 4.79 Å². The van der Waals surface area contributed by atoms with Crippen LogP contribution in [0.25, 0.3) is 0 Å². The number of rotatable bonds is 55. The van der Waals surface area contributed by atoms with E-state index in [2.05, 4.69) is 55.6 Å². The quantitative estimate of drug-likeness (QED) is 0.0204. The minimum Gasteiger partial charge on any atom is -0.394 e. The number of hydrogen-bond donors (Lipinski definition) is 9. The van der Waals surface area contributed by atoms with E-state index in [9.17, 15) is 45.6 Å². The summed E-state index contributed by atoms with van der Waals surface area (Å²) in [5.74, 6) is -0.250. The van der Waals surface area contributed by atoms with Crippen molar-refractivity contribution in [2.24, 2.45) is 0 Å². The van der Waals surface area contributed by atoms with Gasteiger partial charge in [-0.1, -0.05) is 255 Å². The Morgan fingerprint density at radius 2 is 0.780 bits per heavy atom. The Morgan fingerprint density at radius 3 is 1.20 bits per heavy atom. The van der Waals surface area contributed by atoms with Gasteiger partial charge in [-0.25, -0.2) is 0 Å². The van der Waals surface area contributed by atoms with Gasteiger partial charge in [0.1, 0.15) is 48.8 Å². The molecule has 0 aliphatic carbocycles. The molecule has 480 valence electrons. The zero-order valence-corrected chi connectivity index (χ0v) is 52.0. The molecule has 14 nitrogen and oxygen atoms in total. The Labute approximate surface area is 499 Å². The number of carbonyl (C=O) groups excluding carboxylic acids is 1. The van der Waals surface area contributed by atoms with Gasteiger partial charge in [-0.15, -0.1) is 0 Å². The highest BCUT2D eigenvalue weighted by Gasteiger charge is 2.51. The molecule has 0 aromatic carbocycles. The maximum atomic E-state index is 13.3. The van der Waals surface area contributed by atoms with Crippen LogP contribution in [0.5, 0.6) is 0 Å².